The van der Waals surface area contributed by atoms with Gasteiger partial charge in [0.05, 0.1) is 5.02 Å². The van der Waals surface area contributed by atoms with Crippen LogP contribution in [0.3, 0.4) is 0 Å². The lowest BCUT2D eigenvalue weighted by molar-refractivity contribution is 0.568. The molecule has 1 atom stereocenters. The maximum absolute atomic E-state index is 13.5. The third kappa shape index (κ3) is 5.03. The molecule has 21 heavy (non-hydrogen) atoms. The number of nitrogens with one attached hydrogen (secondary N) is 1. The van der Waals surface area contributed by atoms with Gasteiger partial charge in [0.2, 0.25) is 0 Å². The van der Waals surface area contributed by atoms with E-state index in [4.69, 9.17) is 11.6 Å². The van der Waals surface area contributed by atoms with E-state index in [2.05, 4.69) is 24.4 Å². The summed E-state index contributed by atoms with van der Waals surface area (Å²) in [5, 5.41) is 3.69. The van der Waals surface area contributed by atoms with Crippen LogP contribution >= 0.6 is 23.4 Å². The fraction of sp³-hybridized carbons (Fsp3) is 0.294. The van der Waals surface area contributed by atoms with Gasteiger partial charge in [-0.05, 0) is 36.7 Å². The number of hydrogen-bond donors (Lipinski definition) is 1. The van der Waals surface area contributed by atoms with Gasteiger partial charge in [0, 0.05) is 16.7 Å². The number of likely N-dealkylation sites (N-methyl/N-ethyl adjacent to an activating group) is 1. The Balaban J connectivity index is 2.00. The molecule has 0 aliphatic rings. The van der Waals surface area contributed by atoms with E-state index in [0.717, 1.165) is 24.3 Å². The van der Waals surface area contributed by atoms with Gasteiger partial charge in [0.15, 0.2) is 0 Å². The van der Waals surface area contributed by atoms with Gasteiger partial charge >= 0.3 is 0 Å². The molecule has 0 aliphatic heterocycles. The van der Waals surface area contributed by atoms with E-state index in [-0.39, 0.29) is 16.9 Å². The molecule has 2 aromatic carbocycles. The van der Waals surface area contributed by atoms with Crippen molar-refractivity contribution in [3.05, 3.63) is 64.9 Å². The quantitative estimate of drug-likeness (QED) is 0.735. The molecular formula is C17H19ClFNS. The monoisotopic (exact) mass is 323 g/mol. The minimum absolute atomic E-state index is 0.241. The highest BCUT2D eigenvalue weighted by Crippen LogP contribution is 2.23. The summed E-state index contributed by atoms with van der Waals surface area (Å²) in [6.07, 6.45) is 0.726. The van der Waals surface area contributed by atoms with Crippen molar-refractivity contribution < 1.29 is 4.39 Å². The Labute approximate surface area is 134 Å². The van der Waals surface area contributed by atoms with Crippen molar-refractivity contribution in [2.45, 2.75) is 24.3 Å². The molecule has 0 spiro atoms. The standard InChI is InChI=1S/C17H19ClFNS/c1-2-20-14(12-21-15-8-4-3-5-9-15)11-13-7-6-10-16(19)17(13)18/h3-10,14,20H,2,11-12H2,1H3. The second kappa shape index (κ2) is 8.42. The molecule has 0 heterocycles. The first-order chi connectivity index (χ1) is 10.2. The van der Waals surface area contributed by atoms with Crippen LogP contribution in [0.1, 0.15) is 12.5 Å². The maximum Gasteiger partial charge on any atom is 0.142 e. The summed E-state index contributed by atoms with van der Waals surface area (Å²) in [4.78, 5) is 1.24. The second-order valence-electron chi connectivity index (χ2n) is 4.80. The predicted octanol–water partition coefficient (Wildman–Crippen LogP) is 4.79. The lowest BCUT2D eigenvalue weighted by atomic mass is 10.1. The first kappa shape index (κ1) is 16.3. The summed E-state index contributed by atoms with van der Waals surface area (Å²) in [7, 11) is 0. The van der Waals surface area contributed by atoms with Crippen molar-refractivity contribution in [1.29, 1.82) is 0 Å². The summed E-state index contributed by atoms with van der Waals surface area (Å²) >= 11 is 7.84. The van der Waals surface area contributed by atoms with Crippen LogP contribution in [-0.4, -0.2) is 18.3 Å². The summed E-state index contributed by atoms with van der Waals surface area (Å²) in [6, 6.07) is 15.5. The van der Waals surface area contributed by atoms with Crippen LogP contribution in [0.15, 0.2) is 53.4 Å². The maximum atomic E-state index is 13.5. The number of halogens is 2. The lowest BCUT2D eigenvalue weighted by Crippen LogP contribution is -2.33. The van der Waals surface area contributed by atoms with Gasteiger partial charge in [-0.25, -0.2) is 4.39 Å². The molecule has 1 nitrogen and oxygen atoms in total. The topological polar surface area (TPSA) is 12.0 Å². The molecule has 1 unspecified atom stereocenters. The number of rotatable bonds is 7. The molecular weight excluding hydrogens is 305 g/mol. The molecule has 112 valence electrons. The van der Waals surface area contributed by atoms with E-state index in [9.17, 15) is 4.39 Å². The number of thioether (sulfide) groups is 1. The normalized spacial score (nSPS) is 12.3. The average molecular weight is 324 g/mol. The van der Waals surface area contributed by atoms with Gasteiger partial charge < -0.3 is 5.32 Å². The molecule has 2 aromatic rings. The van der Waals surface area contributed by atoms with E-state index in [1.807, 2.05) is 24.3 Å². The highest BCUT2D eigenvalue weighted by atomic mass is 35.5. The van der Waals surface area contributed by atoms with Crippen molar-refractivity contribution >= 4 is 23.4 Å². The Morgan fingerprint density at radius 3 is 2.62 bits per heavy atom. The van der Waals surface area contributed by atoms with E-state index < -0.39 is 0 Å². The fourth-order valence-corrected chi connectivity index (χ4v) is 3.35. The number of hydrogen-bond acceptors (Lipinski definition) is 2. The lowest BCUT2D eigenvalue weighted by Gasteiger charge is -2.18. The molecule has 0 aliphatic carbocycles. The minimum atomic E-state index is -0.347. The molecule has 0 saturated carbocycles. The minimum Gasteiger partial charge on any atom is -0.313 e. The smallest absolute Gasteiger partial charge is 0.142 e. The summed E-state index contributed by atoms with van der Waals surface area (Å²) < 4.78 is 13.5. The molecule has 0 fully saturated rings. The predicted molar refractivity (Wildman–Crippen MR) is 89.7 cm³/mol. The summed E-state index contributed by atoms with van der Waals surface area (Å²) in [5.74, 6) is 0.574. The molecule has 1 N–H and O–H groups in total. The summed E-state index contributed by atoms with van der Waals surface area (Å²) in [6.45, 7) is 2.96. The van der Waals surface area contributed by atoms with Crippen LogP contribution in [0, 0.1) is 5.82 Å². The van der Waals surface area contributed by atoms with Gasteiger partial charge in [0.1, 0.15) is 5.82 Å². The highest BCUT2D eigenvalue weighted by Gasteiger charge is 2.13. The Bertz CT molecular complexity index is 562. The van der Waals surface area contributed by atoms with Gasteiger partial charge in [0.25, 0.3) is 0 Å². The SMILES string of the molecule is CCNC(CSc1ccccc1)Cc1cccc(F)c1Cl. The first-order valence-electron chi connectivity index (χ1n) is 7.04. The third-order valence-electron chi connectivity index (χ3n) is 3.19. The Kier molecular flexibility index (Phi) is 6.55. The average Bonchev–Trinajstić information content (AvgIpc) is 2.50. The zero-order valence-electron chi connectivity index (χ0n) is 12.0. The van der Waals surface area contributed by atoms with Crippen LogP contribution in [0.25, 0.3) is 0 Å². The molecule has 0 amide bonds. The molecule has 4 heteroatoms. The van der Waals surface area contributed by atoms with Gasteiger partial charge in [-0.15, -0.1) is 11.8 Å². The van der Waals surface area contributed by atoms with Crippen LogP contribution in [0.5, 0.6) is 0 Å². The molecule has 2 rings (SSSR count). The largest absolute Gasteiger partial charge is 0.313 e. The molecule has 0 bridgehead atoms. The van der Waals surface area contributed by atoms with Gasteiger partial charge in [-0.2, -0.15) is 0 Å². The molecule has 0 saturated heterocycles. The zero-order chi connectivity index (χ0) is 15.1. The van der Waals surface area contributed by atoms with E-state index in [1.54, 1.807) is 17.8 Å². The number of benzene rings is 2. The zero-order valence-corrected chi connectivity index (χ0v) is 13.6. The Morgan fingerprint density at radius 1 is 1.14 bits per heavy atom. The van der Waals surface area contributed by atoms with Crippen molar-refractivity contribution in [2.24, 2.45) is 0 Å². The van der Waals surface area contributed by atoms with Crippen molar-refractivity contribution in [3.63, 3.8) is 0 Å². The Hall–Kier alpha value is -1.03. The van der Waals surface area contributed by atoms with Crippen LogP contribution in [0.2, 0.25) is 5.02 Å². The van der Waals surface area contributed by atoms with Gasteiger partial charge in [-0.3, -0.25) is 0 Å². The fourth-order valence-electron chi connectivity index (χ4n) is 2.16. The van der Waals surface area contributed by atoms with Gasteiger partial charge in [-0.1, -0.05) is 48.9 Å². The second-order valence-corrected chi connectivity index (χ2v) is 6.27. The van der Waals surface area contributed by atoms with Crippen LogP contribution in [0.4, 0.5) is 4.39 Å². The third-order valence-corrected chi connectivity index (χ3v) is 4.78. The van der Waals surface area contributed by atoms with Crippen molar-refractivity contribution in [3.8, 4) is 0 Å². The van der Waals surface area contributed by atoms with Crippen molar-refractivity contribution in [2.75, 3.05) is 12.3 Å². The summed E-state index contributed by atoms with van der Waals surface area (Å²) in [5.41, 5.74) is 0.858. The highest BCUT2D eigenvalue weighted by molar-refractivity contribution is 7.99. The van der Waals surface area contributed by atoms with Crippen LogP contribution in [-0.2, 0) is 6.42 Å². The Morgan fingerprint density at radius 2 is 1.90 bits per heavy atom. The molecule has 0 aromatic heterocycles. The van der Waals surface area contributed by atoms with E-state index >= 15 is 0 Å². The molecule has 0 radical (unpaired) electrons. The van der Waals surface area contributed by atoms with E-state index in [0.29, 0.717) is 0 Å². The van der Waals surface area contributed by atoms with Crippen molar-refractivity contribution in [1.82, 2.24) is 5.32 Å². The first-order valence-corrected chi connectivity index (χ1v) is 8.41. The van der Waals surface area contributed by atoms with Crippen LogP contribution < -0.4 is 5.32 Å². The van der Waals surface area contributed by atoms with E-state index in [1.165, 1.54) is 11.0 Å².